The van der Waals surface area contributed by atoms with Crippen molar-refractivity contribution < 1.29 is 9.53 Å². The zero-order valence-electron chi connectivity index (χ0n) is 15.1. The van der Waals surface area contributed by atoms with Gasteiger partial charge in [-0.15, -0.1) is 0 Å². The molecule has 1 fully saturated rings. The number of nitrogens with zero attached hydrogens (tertiary/aromatic N) is 3. The minimum Gasteiger partial charge on any atom is -0.496 e. The lowest BCUT2D eigenvalue weighted by atomic mass is 10.1. The van der Waals surface area contributed by atoms with E-state index < -0.39 is 0 Å². The molecule has 27 heavy (non-hydrogen) atoms. The Morgan fingerprint density at radius 1 is 1.19 bits per heavy atom. The number of carbonyl (C=O) groups excluding carboxylic acids is 1. The van der Waals surface area contributed by atoms with E-state index in [9.17, 15) is 4.79 Å². The minimum absolute atomic E-state index is 0.0209. The molecule has 1 amide bonds. The highest BCUT2D eigenvalue weighted by Gasteiger charge is 2.25. The van der Waals surface area contributed by atoms with Crippen molar-refractivity contribution in [1.82, 2.24) is 20.0 Å². The number of aromatic nitrogens is 2. The maximum absolute atomic E-state index is 12.9. The van der Waals surface area contributed by atoms with Gasteiger partial charge in [0.2, 0.25) is 0 Å². The minimum atomic E-state index is -0.0209. The van der Waals surface area contributed by atoms with Crippen molar-refractivity contribution in [3.05, 3.63) is 58.7 Å². The Hall–Kier alpha value is -2.57. The molecule has 0 saturated carbocycles. The molecule has 0 aliphatic carbocycles. The van der Waals surface area contributed by atoms with Gasteiger partial charge in [0.05, 0.1) is 12.6 Å². The molecule has 0 bridgehead atoms. The van der Waals surface area contributed by atoms with Crippen molar-refractivity contribution in [3.63, 3.8) is 0 Å². The summed E-state index contributed by atoms with van der Waals surface area (Å²) in [4.78, 5) is 17.0. The molecular formula is C20H21ClN4O2. The molecule has 0 unspecified atom stereocenters. The molecule has 0 radical (unpaired) electrons. The largest absolute Gasteiger partial charge is 0.496 e. The molecule has 1 aliphatic heterocycles. The van der Waals surface area contributed by atoms with Crippen LogP contribution in [0.2, 0.25) is 5.02 Å². The quantitative estimate of drug-likeness (QED) is 0.750. The fourth-order valence-corrected chi connectivity index (χ4v) is 3.69. The Labute approximate surface area is 162 Å². The van der Waals surface area contributed by atoms with Crippen LogP contribution in [0.3, 0.4) is 0 Å². The molecule has 0 spiro atoms. The molecule has 140 valence electrons. The van der Waals surface area contributed by atoms with Crippen molar-refractivity contribution in [2.45, 2.75) is 6.54 Å². The fourth-order valence-electron chi connectivity index (χ4n) is 3.50. The average Bonchev–Trinajstić information content (AvgIpc) is 3.12. The molecule has 1 saturated heterocycles. The van der Waals surface area contributed by atoms with Gasteiger partial charge in [-0.1, -0.05) is 29.8 Å². The Morgan fingerprint density at radius 2 is 1.96 bits per heavy atom. The topological polar surface area (TPSA) is 61.5 Å². The molecule has 3 aromatic rings. The lowest BCUT2D eigenvalue weighted by Gasteiger charge is -2.34. The summed E-state index contributed by atoms with van der Waals surface area (Å²) >= 11 is 6.12. The van der Waals surface area contributed by atoms with Gasteiger partial charge in [0, 0.05) is 48.7 Å². The monoisotopic (exact) mass is 384 g/mol. The highest BCUT2D eigenvalue weighted by atomic mass is 35.5. The Kier molecular flexibility index (Phi) is 5.01. The summed E-state index contributed by atoms with van der Waals surface area (Å²) in [6.45, 7) is 3.68. The van der Waals surface area contributed by atoms with Crippen LogP contribution in [-0.4, -0.2) is 59.2 Å². The zero-order valence-corrected chi connectivity index (χ0v) is 15.9. The molecule has 7 heteroatoms. The third-order valence-corrected chi connectivity index (χ3v) is 5.20. The SMILES string of the molecule is COc1ccc(Cl)cc1CN1CCN(C(=O)c2n[nH]c3ccccc23)CC1. The molecule has 2 aromatic carbocycles. The zero-order chi connectivity index (χ0) is 18.8. The van der Waals surface area contributed by atoms with Crippen molar-refractivity contribution in [2.75, 3.05) is 33.3 Å². The third kappa shape index (κ3) is 3.63. The summed E-state index contributed by atoms with van der Waals surface area (Å²) in [7, 11) is 1.66. The van der Waals surface area contributed by atoms with Gasteiger partial charge in [-0.05, 0) is 24.3 Å². The van der Waals surface area contributed by atoms with E-state index in [0.29, 0.717) is 23.8 Å². The van der Waals surface area contributed by atoms with E-state index in [1.165, 1.54) is 0 Å². The van der Waals surface area contributed by atoms with Crippen LogP contribution in [0.1, 0.15) is 16.1 Å². The van der Waals surface area contributed by atoms with Crippen LogP contribution in [0.25, 0.3) is 10.9 Å². The number of carbonyl (C=O) groups is 1. The summed E-state index contributed by atoms with van der Waals surface area (Å²) in [6, 6.07) is 13.4. The molecule has 0 atom stereocenters. The Balaban J connectivity index is 1.42. The van der Waals surface area contributed by atoms with Gasteiger partial charge in [0.25, 0.3) is 5.91 Å². The van der Waals surface area contributed by atoms with E-state index in [0.717, 1.165) is 41.9 Å². The van der Waals surface area contributed by atoms with Crippen molar-refractivity contribution in [1.29, 1.82) is 0 Å². The number of aromatic amines is 1. The number of piperazine rings is 1. The number of halogens is 1. The molecule has 1 aromatic heterocycles. The fraction of sp³-hybridized carbons (Fsp3) is 0.300. The van der Waals surface area contributed by atoms with E-state index in [4.69, 9.17) is 16.3 Å². The maximum Gasteiger partial charge on any atom is 0.275 e. The van der Waals surface area contributed by atoms with Gasteiger partial charge in [-0.25, -0.2) is 0 Å². The lowest BCUT2D eigenvalue weighted by molar-refractivity contribution is 0.0623. The summed E-state index contributed by atoms with van der Waals surface area (Å²) in [5.41, 5.74) is 2.44. The molecule has 6 nitrogen and oxygen atoms in total. The highest BCUT2D eigenvalue weighted by Crippen LogP contribution is 2.25. The van der Waals surface area contributed by atoms with Gasteiger partial charge < -0.3 is 9.64 Å². The van der Waals surface area contributed by atoms with Crippen LogP contribution in [0.15, 0.2) is 42.5 Å². The second-order valence-corrected chi connectivity index (χ2v) is 7.08. The third-order valence-electron chi connectivity index (χ3n) is 4.97. The number of para-hydroxylation sites is 1. The van der Waals surface area contributed by atoms with E-state index in [-0.39, 0.29) is 5.91 Å². The van der Waals surface area contributed by atoms with Crippen molar-refractivity contribution in [2.24, 2.45) is 0 Å². The number of fused-ring (bicyclic) bond motifs is 1. The van der Waals surface area contributed by atoms with Crippen LogP contribution in [0, 0.1) is 0 Å². The van der Waals surface area contributed by atoms with Gasteiger partial charge in [-0.2, -0.15) is 5.10 Å². The molecule has 1 aliphatic rings. The van der Waals surface area contributed by atoms with Crippen LogP contribution in [-0.2, 0) is 6.54 Å². The molecule has 2 heterocycles. The summed E-state index contributed by atoms with van der Waals surface area (Å²) in [6.07, 6.45) is 0. The standard InChI is InChI=1S/C20H21ClN4O2/c1-27-18-7-6-15(21)12-14(18)13-24-8-10-25(11-9-24)20(26)19-16-4-2-3-5-17(16)22-23-19/h2-7,12H,8-11,13H2,1H3,(H,22,23). The van der Waals surface area contributed by atoms with Crippen LogP contribution >= 0.6 is 11.6 Å². The first-order valence-corrected chi connectivity index (χ1v) is 9.30. The first-order chi connectivity index (χ1) is 13.2. The summed E-state index contributed by atoms with van der Waals surface area (Å²) in [5.74, 6) is 0.813. The normalized spacial score (nSPS) is 15.3. The lowest BCUT2D eigenvalue weighted by Crippen LogP contribution is -2.48. The second-order valence-electron chi connectivity index (χ2n) is 6.64. The van der Waals surface area contributed by atoms with Crippen molar-refractivity contribution in [3.8, 4) is 5.75 Å². The predicted octanol–water partition coefficient (Wildman–Crippen LogP) is 3.18. The van der Waals surface area contributed by atoms with E-state index in [2.05, 4.69) is 15.1 Å². The van der Waals surface area contributed by atoms with Crippen LogP contribution in [0.5, 0.6) is 5.75 Å². The maximum atomic E-state index is 12.9. The number of methoxy groups -OCH3 is 1. The number of H-pyrrole nitrogens is 1. The second kappa shape index (κ2) is 7.58. The van der Waals surface area contributed by atoms with Gasteiger partial charge >= 0.3 is 0 Å². The van der Waals surface area contributed by atoms with E-state index in [1.807, 2.05) is 47.4 Å². The van der Waals surface area contributed by atoms with Gasteiger partial charge in [-0.3, -0.25) is 14.8 Å². The number of hydrogen-bond donors (Lipinski definition) is 1. The number of rotatable bonds is 4. The highest BCUT2D eigenvalue weighted by molar-refractivity contribution is 6.30. The predicted molar refractivity (Wildman–Crippen MR) is 105 cm³/mol. The van der Waals surface area contributed by atoms with Gasteiger partial charge in [0.1, 0.15) is 5.75 Å². The van der Waals surface area contributed by atoms with E-state index in [1.54, 1.807) is 7.11 Å². The molecule has 1 N–H and O–H groups in total. The number of nitrogens with one attached hydrogen (secondary N) is 1. The first-order valence-electron chi connectivity index (χ1n) is 8.93. The van der Waals surface area contributed by atoms with Crippen LogP contribution < -0.4 is 4.74 Å². The Bertz CT molecular complexity index is 964. The number of ether oxygens (including phenoxy) is 1. The smallest absolute Gasteiger partial charge is 0.275 e. The Morgan fingerprint density at radius 3 is 2.74 bits per heavy atom. The number of amides is 1. The van der Waals surface area contributed by atoms with E-state index >= 15 is 0 Å². The van der Waals surface area contributed by atoms with Gasteiger partial charge in [0.15, 0.2) is 5.69 Å². The van der Waals surface area contributed by atoms with Crippen LogP contribution in [0.4, 0.5) is 0 Å². The first kappa shape index (κ1) is 17.8. The molecular weight excluding hydrogens is 364 g/mol. The molecule has 4 rings (SSSR count). The van der Waals surface area contributed by atoms with Crippen molar-refractivity contribution >= 4 is 28.4 Å². The summed E-state index contributed by atoms with van der Waals surface area (Å²) < 4.78 is 5.43. The summed E-state index contributed by atoms with van der Waals surface area (Å²) in [5, 5.41) is 8.73. The number of hydrogen-bond acceptors (Lipinski definition) is 4. The number of benzene rings is 2. The average molecular weight is 385 g/mol.